The number of carbonyl (C=O) groups excluding carboxylic acids is 2. The molecule has 0 fully saturated rings. The van der Waals surface area contributed by atoms with Crippen LogP contribution >= 0.6 is 0 Å². The van der Waals surface area contributed by atoms with Crippen molar-refractivity contribution in [2.75, 3.05) is 5.32 Å². The number of esters is 1. The van der Waals surface area contributed by atoms with Gasteiger partial charge in [-0.25, -0.2) is 14.3 Å². The van der Waals surface area contributed by atoms with Crippen LogP contribution in [0.4, 0.5) is 5.69 Å². The summed E-state index contributed by atoms with van der Waals surface area (Å²) >= 11 is 0. The lowest BCUT2D eigenvalue weighted by Crippen LogP contribution is -2.31. The average molecular weight is 395 g/mol. The number of hydrogen-bond acceptors (Lipinski definition) is 6. The minimum Gasteiger partial charge on any atom is -0.447 e. The molecule has 1 atom stereocenters. The molecular weight excluding hydrogens is 370 g/mol. The monoisotopic (exact) mass is 395 g/mol. The van der Waals surface area contributed by atoms with Crippen molar-refractivity contribution in [3.63, 3.8) is 0 Å². The number of carbonyl (C=O) groups is 2. The van der Waals surface area contributed by atoms with Gasteiger partial charge in [-0.05, 0) is 50.8 Å². The van der Waals surface area contributed by atoms with Gasteiger partial charge in [0.1, 0.15) is 0 Å². The second-order valence-corrected chi connectivity index (χ2v) is 7.42. The number of para-hydroxylation sites is 1. The molecule has 0 aliphatic heterocycles. The van der Waals surface area contributed by atoms with E-state index in [-0.39, 0.29) is 11.7 Å². The molecule has 8 nitrogen and oxygen atoms in total. The summed E-state index contributed by atoms with van der Waals surface area (Å²) in [6.45, 7) is 11.2. The van der Waals surface area contributed by atoms with Crippen LogP contribution in [0.25, 0.3) is 5.78 Å². The molecule has 1 aromatic carbocycles. The number of hydrogen-bond donors (Lipinski definition) is 1. The molecule has 3 aromatic rings. The Morgan fingerprint density at radius 2 is 1.83 bits per heavy atom. The maximum absolute atomic E-state index is 12.6. The van der Waals surface area contributed by atoms with Crippen molar-refractivity contribution in [2.24, 2.45) is 0 Å². The third kappa shape index (κ3) is 4.26. The molecule has 0 aliphatic rings. The van der Waals surface area contributed by atoms with E-state index in [1.165, 1.54) is 11.4 Å². The quantitative estimate of drug-likeness (QED) is 0.665. The molecule has 0 unspecified atom stereocenters. The zero-order valence-electron chi connectivity index (χ0n) is 17.5. The van der Waals surface area contributed by atoms with E-state index in [2.05, 4.69) is 34.2 Å². The van der Waals surface area contributed by atoms with Crippen molar-refractivity contribution >= 4 is 23.3 Å². The lowest BCUT2D eigenvalue weighted by molar-refractivity contribution is -0.123. The topological polar surface area (TPSA) is 98.5 Å². The highest BCUT2D eigenvalue weighted by atomic mass is 16.5. The summed E-state index contributed by atoms with van der Waals surface area (Å²) in [7, 11) is 0. The van der Waals surface area contributed by atoms with Gasteiger partial charge < -0.3 is 10.1 Å². The number of nitrogens with zero attached hydrogens (tertiary/aromatic N) is 4. The third-order valence-corrected chi connectivity index (χ3v) is 4.63. The number of ether oxygens (including phenoxy) is 1. The minimum absolute atomic E-state index is 0.135. The summed E-state index contributed by atoms with van der Waals surface area (Å²) in [5.74, 6) is -0.769. The van der Waals surface area contributed by atoms with Crippen LogP contribution in [-0.4, -0.2) is 37.6 Å². The molecule has 0 spiro atoms. The van der Waals surface area contributed by atoms with Gasteiger partial charge in [0, 0.05) is 17.1 Å². The van der Waals surface area contributed by atoms with Crippen molar-refractivity contribution in [3.8, 4) is 0 Å². The lowest BCUT2D eigenvalue weighted by atomic mass is 9.98. The molecule has 2 aromatic heterocycles. The number of benzene rings is 1. The van der Waals surface area contributed by atoms with Crippen LogP contribution in [0.3, 0.4) is 0 Å². The fraction of sp³-hybridized carbons (Fsp3) is 0.381. The smallest absolute Gasteiger partial charge is 0.379 e. The van der Waals surface area contributed by atoms with Crippen LogP contribution < -0.4 is 5.32 Å². The van der Waals surface area contributed by atoms with Crippen molar-refractivity contribution in [3.05, 3.63) is 52.6 Å². The summed E-state index contributed by atoms with van der Waals surface area (Å²) < 4.78 is 6.76. The molecule has 8 heteroatoms. The second kappa shape index (κ2) is 7.98. The van der Waals surface area contributed by atoms with Crippen molar-refractivity contribution in [1.82, 2.24) is 19.6 Å². The Labute approximate surface area is 169 Å². The first kappa shape index (κ1) is 20.4. The van der Waals surface area contributed by atoms with Crippen molar-refractivity contribution in [1.29, 1.82) is 0 Å². The van der Waals surface area contributed by atoms with Gasteiger partial charge in [-0.3, -0.25) is 4.79 Å². The maximum Gasteiger partial charge on any atom is 0.379 e. The van der Waals surface area contributed by atoms with Gasteiger partial charge >= 0.3 is 5.97 Å². The highest BCUT2D eigenvalue weighted by Crippen LogP contribution is 2.27. The van der Waals surface area contributed by atoms with Gasteiger partial charge in [-0.2, -0.15) is 4.98 Å². The van der Waals surface area contributed by atoms with Crippen LogP contribution in [0.15, 0.2) is 24.3 Å². The highest BCUT2D eigenvalue weighted by molar-refractivity contribution is 5.97. The van der Waals surface area contributed by atoms with E-state index >= 15 is 0 Å². The summed E-state index contributed by atoms with van der Waals surface area (Å²) in [4.78, 5) is 33.4. The number of aromatic nitrogens is 4. The SMILES string of the molecule is Cc1cc(C)n2nc(C(=O)O[C@H](C)C(=O)Nc3c(C)cccc3C(C)C)nc2n1. The van der Waals surface area contributed by atoms with Crippen LogP contribution in [0.2, 0.25) is 0 Å². The third-order valence-electron chi connectivity index (χ3n) is 4.63. The summed E-state index contributed by atoms with van der Waals surface area (Å²) in [5, 5.41) is 7.02. The number of anilines is 1. The first-order valence-corrected chi connectivity index (χ1v) is 9.49. The summed E-state index contributed by atoms with van der Waals surface area (Å²) in [6.07, 6.45) is -1.01. The molecule has 0 bridgehead atoms. The average Bonchev–Trinajstić information content (AvgIpc) is 3.07. The number of rotatable bonds is 5. The van der Waals surface area contributed by atoms with Crippen LogP contribution in [0, 0.1) is 20.8 Å². The normalized spacial score (nSPS) is 12.2. The summed E-state index contributed by atoms with van der Waals surface area (Å²) in [5.41, 5.74) is 4.29. The van der Waals surface area contributed by atoms with Gasteiger partial charge in [0.05, 0.1) is 0 Å². The second-order valence-electron chi connectivity index (χ2n) is 7.42. The van der Waals surface area contributed by atoms with E-state index < -0.39 is 18.0 Å². The fourth-order valence-corrected chi connectivity index (χ4v) is 3.09. The molecule has 0 saturated carbocycles. The molecule has 1 N–H and O–H groups in total. The molecule has 29 heavy (non-hydrogen) atoms. The molecule has 152 valence electrons. The maximum atomic E-state index is 12.6. The molecule has 2 heterocycles. The van der Waals surface area contributed by atoms with Crippen molar-refractivity contribution in [2.45, 2.75) is 53.6 Å². The summed E-state index contributed by atoms with van der Waals surface area (Å²) in [6, 6.07) is 7.69. The number of amides is 1. The first-order valence-electron chi connectivity index (χ1n) is 9.49. The zero-order chi connectivity index (χ0) is 21.3. The van der Waals surface area contributed by atoms with Gasteiger partial charge in [0.15, 0.2) is 6.10 Å². The Morgan fingerprint density at radius 3 is 2.52 bits per heavy atom. The molecule has 3 rings (SSSR count). The van der Waals surface area contributed by atoms with Gasteiger partial charge in [-0.15, -0.1) is 5.10 Å². The zero-order valence-corrected chi connectivity index (χ0v) is 17.5. The molecule has 0 radical (unpaired) electrons. The van der Waals surface area contributed by atoms with E-state index in [4.69, 9.17) is 4.74 Å². The Kier molecular flexibility index (Phi) is 5.63. The Bertz CT molecular complexity index is 1090. The van der Waals surface area contributed by atoms with E-state index in [0.717, 1.165) is 28.2 Å². The lowest BCUT2D eigenvalue weighted by Gasteiger charge is -2.18. The fourth-order valence-electron chi connectivity index (χ4n) is 3.09. The van der Waals surface area contributed by atoms with Gasteiger partial charge in [0.25, 0.3) is 17.5 Å². The molecule has 1 amide bonds. The first-order chi connectivity index (χ1) is 13.7. The van der Waals surface area contributed by atoms with Crippen LogP contribution in [0.1, 0.15) is 59.8 Å². The predicted molar refractivity (Wildman–Crippen MR) is 109 cm³/mol. The highest BCUT2D eigenvalue weighted by Gasteiger charge is 2.24. The van der Waals surface area contributed by atoms with Crippen molar-refractivity contribution < 1.29 is 14.3 Å². The molecule has 0 saturated heterocycles. The number of nitrogens with one attached hydrogen (secondary N) is 1. The molecule has 0 aliphatic carbocycles. The van der Waals surface area contributed by atoms with E-state index in [1.807, 2.05) is 45.0 Å². The number of fused-ring (bicyclic) bond motifs is 1. The van der Waals surface area contributed by atoms with E-state index in [1.54, 1.807) is 0 Å². The number of aryl methyl sites for hydroxylation is 3. The van der Waals surface area contributed by atoms with E-state index in [0.29, 0.717) is 5.78 Å². The largest absolute Gasteiger partial charge is 0.447 e. The Morgan fingerprint density at radius 1 is 1.10 bits per heavy atom. The van der Waals surface area contributed by atoms with Gasteiger partial charge in [0.2, 0.25) is 0 Å². The minimum atomic E-state index is -1.01. The Balaban J connectivity index is 1.75. The Hall–Kier alpha value is -3.29. The van der Waals surface area contributed by atoms with Crippen LogP contribution in [0.5, 0.6) is 0 Å². The van der Waals surface area contributed by atoms with E-state index in [9.17, 15) is 9.59 Å². The van der Waals surface area contributed by atoms with Crippen LogP contribution in [-0.2, 0) is 9.53 Å². The predicted octanol–water partition coefficient (Wildman–Crippen LogP) is 3.36. The standard InChI is InChI=1S/C21H25N5O3/c1-11(2)16-9-7-8-12(3)17(16)23-19(27)15(6)29-20(28)18-24-21-22-13(4)10-14(5)26(21)25-18/h7-11,15H,1-6H3,(H,23,27)/t15-/m1/s1. The molecular formula is C21H25N5O3. The van der Waals surface area contributed by atoms with Gasteiger partial charge in [-0.1, -0.05) is 32.0 Å².